The number of hydrogen-bond donors (Lipinski definition) is 0. The molecule has 27 heavy (non-hydrogen) atoms. The zero-order valence-electron chi connectivity index (χ0n) is 15.6. The molecule has 8 heteroatoms. The Morgan fingerprint density at radius 2 is 1.89 bits per heavy atom. The highest BCUT2D eigenvalue weighted by atomic mass is 19.3. The number of nitrogens with zero attached hydrogens (tertiary/aromatic N) is 3. The van der Waals surface area contributed by atoms with Crippen LogP contribution in [-0.4, -0.2) is 41.2 Å². The number of piperazine rings is 1. The number of rotatable bonds is 0. The SMILES string of the molecule is Cc1c(F)cc2c3c(c(=O)n(C)c2c1F)CCC1CN(C)C(C)C(F)(F)N31. The summed E-state index contributed by atoms with van der Waals surface area (Å²) in [6.45, 7) is 3.08. The minimum Gasteiger partial charge on any atom is -0.308 e. The van der Waals surface area contributed by atoms with Crippen LogP contribution in [0.4, 0.5) is 23.2 Å². The van der Waals surface area contributed by atoms with Gasteiger partial charge in [-0.05, 0) is 39.8 Å². The van der Waals surface area contributed by atoms with E-state index in [9.17, 15) is 13.6 Å². The van der Waals surface area contributed by atoms with E-state index in [0.717, 1.165) is 15.5 Å². The minimum atomic E-state index is -3.27. The monoisotopic (exact) mass is 383 g/mol. The van der Waals surface area contributed by atoms with E-state index in [4.69, 9.17) is 0 Å². The van der Waals surface area contributed by atoms with Crippen molar-refractivity contribution in [2.75, 3.05) is 18.5 Å². The van der Waals surface area contributed by atoms with Crippen LogP contribution in [0.5, 0.6) is 0 Å². The molecule has 2 unspecified atom stereocenters. The third-order valence-corrected chi connectivity index (χ3v) is 6.18. The first-order valence-corrected chi connectivity index (χ1v) is 8.94. The fraction of sp³-hybridized carbons (Fsp3) is 0.526. The third kappa shape index (κ3) is 2.28. The Labute approximate surface area is 154 Å². The van der Waals surface area contributed by atoms with Gasteiger partial charge in [-0.25, -0.2) is 8.78 Å². The molecule has 0 N–H and O–H groups in total. The molecule has 0 saturated carbocycles. The number of fused-ring (bicyclic) bond motifs is 5. The van der Waals surface area contributed by atoms with E-state index in [1.54, 1.807) is 11.9 Å². The summed E-state index contributed by atoms with van der Waals surface area (Å²) >= 11 is 0. The van der Waals surface area contributed by atoms with Crippen molar-refractivity contribution in [3.63, 3.8) is 0 Å². The minimum absolute atomic E-state index is 0.0212. The highest BCUT2D eigenvalue weighted by Gasteiger charge is 2.54. The molecule has 1 aromatic heterocycles. The van der Waals surface area contributed by atoms with Crippen molar-refractivity contribution in [3.05, 3.63) is 39.2 Å². The Bertz CT molecular complexity index is 1020. The summed E-state index contributed by atoms with van der Waals surface area (Å²) in [7, 11) is 3.03. The van der Waals surface area contributed by atoms with Crippen molar-refractivity contribution in [1.29, 1.82) is 0 Å². The van der Waals surface area contributed by atoms with Crippen molar-refractivity contribution in [2.24, 2.45) is 7.05 Å². The number of pyridine rings is 1. The molecule has 4 rings (SSSR count). The first-order valence-electron chi connectivity index (χ1n) is 8.94. The fourth-order valence-corrected chi connectivity index (χ4v) is 4.43. The maximum Gasteiger partial charge on any atom is 0.341 e. The lowest BCUT2D eigenvalue weighted by Crippen LogP contribution is -2.68. The predicted molar refractivity (Wildman–Crippen MR) is 95.5 cm³/mol. The molecule has 0 amide bonds. The number of alkyl halides is 2. The molecule has 2 aliphatic rings. The predicted octanol–water partition coefficient (Wildman–Crippen LogP) is 3.17. The summed E-state index contributed by atoms with van der Waals surface area (Å²) in [5, 5.41) is 0.0221. The lowest BCUT2D eigenvalue weighted by Gasteiger charge is -2.52. The Morgan fingerprint density at radius 3 is 2.56 bits per heavy atom. The van der Waals surface area contributed by atoms with Crippen molar-refractivity contribution in [3.8, 4) is 0 Å². The van der Waals surface area contributed by atoms with Gasteiger partial charge >= 0.3 is 6.05 Å². The second kappa shape index (κ2) is 5.70. The molecule has 4 nitrogen and oxygen atoms in total. The molecule has 2 atom stereocenters. The summed E-state index contributed by atoms with van der Waals surface area (Å²) < 4.78 is 60.8. The second-order valence-electron chi connectivity index (χ2n) is 7.65. The standard InChI is InChI=1S/C19H21F4N3O/c1-9-14(20)7-13-16-12(18(27)25(4)17(13)15(9)21)6-5-11-8-24(3)10(2)19(22,23)26(11)16/h7,10-11H,5-6,8H2,1-4H3. The molecule has 2 aliphatic heterocycles. The largest absolute Gasteiger partial charge is 0.341 e. The summed E-state index contributed by atoms with van der Waals surface area (Å²) in [4.78, 5) is 15.4. The lowest BCUT2D eigenvalue weighted by atomic mass is 9.90. The maximum atomic E-state index is 15.3. The van der Waals surface area contributed by atoms with E-state index in [0.29, 0.717) is 19.4 Å². The van der Waals surface area contributed by atoms with Gasteiger partial charge in [-0.1, -0.05) is 0 Å². The van der Waals surface area contributed by atoms with Gasteiger partial charge in [0, 0.05) is 36.1 Å². The summed E-state index contributed by atoms with van der Waals surface area (Å²) in [6, 6.07) is -3.83. The van der Waals surface area contributed by atoms with Gasteiger partial charge in [0.25, 0.3) is 5.56 Å². The van der Waals surface area contributed by atoms with E-state index < -0.39 is 35.3 Å². The summed E-state index contributed by atoms with van der Waals surface area (Å²) in [6.07, 6.45) is 0.686. The molecule has 2 aromatic rings. The van der Waals surface area contributed by atoms with Crippen molar-refractivity contribution in [1.82, 2.24) is 9.47 Å². The van der Waals surface area contributed by atoms with E-state index in [1.165, 1.54) is 20.9 Å². The number of benzene rings is 1. The van der Waals surface area contributed by atoms with Crippen LogP contribution < -0.4 is 10.5 Å². The number of hydrogen-bond acceptors (Lipinski definition) is 3. The fourth-order valence-electron chi connectivity index (χ4n) is 4.43. The van der Waals surface area contributed by atoms with Crippen molar-refractivity contribution < 1.29 is 17.6 Å². The van der Waals surface area contributed by atoms with Gasteiger partial charge < -0.3 is 9.47 Å². The maximum absolute atomic E-state index is 15.3. The zero-order chi connectivity index (χ0) is 19.8. The van der Waals surface area contributed by atoms with Crippen LogP contribution in [0.15, 0.2) is 10.9 Å². The molecule has 1 saturated heterocycles. The highest BCUT2D eigenvalue weighted by Crippen LogP contribution is 2.46. The van der Waals surface area contributed by atoms with Crippen LogP contribution in [-0.2, 0) is 13.5 Å². The van der Waals surface area contributed by atoms with E-state index in [1.807, 2.05) is 0 Å². The number of aromatic nitrogens is 1. The molecule has 0 spiro atoms. The van der Waals surface area contributed by atoms with Crippen LogP contribution >= 0.6 is 0 Å². The molecule has 0 bridgehead atoms. The average Bonchev–Trinajstić information content (AvgIpc) is 2.61. The molecular formula is C19H21F4N3O. The molecular weight excluding hydrogens is 362 g/mol. The van der Waals surface area contributed by atoms with Crippen LogP contribution in [0.2, 0.25) is 0 Å². The molecule has 146 valence electrons. The van der Waals surface area contributed by atoms with Gasteiger partial charge in [-0.2, -0.15) is 8.78 Å². The summed E-state index contributed by atoms with van der Waals surface area (Å²) in [5.41, 5.74) is -0.709. The van der Waals surface area contributed by atoms with Crippen molar-refractivity contribution >= 4 is 16.6 Å². The molecule has 1 aromatic carbocycles. The van der Waals surface area contributed by atoms with Crippen LogP contribution in [0, 0.1) is 18.6 Å². The van der Waals surface area contributed by atoms with Crippen LogP contribution in [0.3, 0.4) is 0 Å². The van der Waals surface area contributed by atoms with Crippen molar-refractivity contribution in [2.45, 2.75) is 44.8 Å². The Balaban J connectivity index is 2.13. The van der Waals surface area contributed by atoms with Gasteiger partial charge in [-0.15, -0.1) is 0 Å². The van der Waals surface area contributed by atoms with E-state index in [2.05, 4.69) is 0 Å². The van der Waals surface area contributed by atoms with Gasteiger partial charge in [0.1, 0.15) is 5.82 Å². The smallest absolute Gasteiger partial charge is 0.308 e. The number of aryl methyl sites for hydroxylation is 1. The number of halogens is 4. The second-order valence-corrected chi connectivity index (χ2v) is 7.65. The van der Waals surface area contributed by atoms with E-state index in [-0.39, 0.29) is 27.7 Å². The lowest BCUT2D eigenvalue weighted by molar-refractivity contribution is -0.103. The number of likely N-dealkylation sites (N-methyl/N-ethyl adjacent to an activating group) is 1. The molecule has 1 fully saturated rings. The summed E-state index contributed by atoms with van der Waals surface area (Å²) in [5.74, 6) is -1.70. The van der Waals surface area contributed by atoms with Gasteiger partial charge in [-0.3, -0.25) is 9.69 Å². The molecule has 0 radical (unpaired) electrons. The van der Waals surface area contributed by atoms with Gasteiger partial charge in [0.15, 0.2) is 5.82 Å². The molecule has 3 heterocycles. The van der Waals surface area contributed by atoms with Gasteiger partial charge in [0.05, 0.1) is 17.2 Å². The Morgan fingerprint density at radius 1 is 1.22 bits per heavy atom. The third-order valence-electron chi connectivity index (χ3n) is 6.18. The quantitative estimate of drug-likeness (QED) is 0.517. The zero-order valence-corrected chi connectivity index (χ0v) is 15.6. The highest BCUT2D eigenvalue weighted by molar-refractivity contribution is 5.95. The average molecular weight is 383 g/mol. The first kappa shape index (κ1) is 18.3. The first-order chi connectivity index (χ1) is 12.6. The Kier molecular flexibility index (Phi) is 3.86. The van der Waals surface area contributed by atoms with Crippen LogP contribution in [0.1, 0.15) is 24.5 Å². The van der Waals surface area contributed by atoms with Crippen LogP contribution in [0.25, 0.3) is 10.9 Å². The normalized spacial score (nSPS) is 24.8. The number of anilines is 1. The topological polar surface area (TPSA) is 28.5 Å². The van der Waals surface area contributed by atoms with E-state index >= 15 is 8.78 Å². The Hall–Kier alpha value is -2.09. The van der Waals surface area contributed by atoms with Gasteiger partial charge in [0.2, 0.25) is 0 Å². The molecule has 0 aliphatic carbocycles.